The summed E-state index contributed by atoms with van der Waals surface area (Å²) in [4.78, 5) is 23.5. The zero-order valence-electron chi connectivity index (χ0n) is 14.0. The summed E-state index contributed by atoms with van der Waals surface area (Å²) < 4.78 is 34.6. The predicted octanol–water partition coefficient (Wildman–Crippen LogP) is 2.30. The van der Waals surface area contributed by atoms with Gasteiger partial charge >= 0.3 is 5.97 Å². The van der Waals surface area contributed by atoms with Gasteiger partial charge in [0.25, 0.3) is 5.91 Å². The first-order valence-electron chi connectivity index (χ1n) is 7.77. The molecule has 0 fully saturated rings. The molecule has 8 nitrogen and oxygen atoms in total. The van der Waals surface area contributed by atoms with Crippen LogP contribution < -0.4 is 5.32 Å². The average Bonchev–Trinajstić information content (AvgIpc) is 3.22. The van der Waals surface area contributed by atoms with Crippen LogP contribution in [0.15, 0.2) is 41.2 Å². The molecule has 0 saturated carbocycles. The first-order valence-corrected chi connectivity index (χ1v) is 7.77. The molecule has 10 heteroatoms. The lowest BCUT2D eigenvalue weighted by atomic mass is 10.0. The number of carboxylic acid groups (broad SMARTS) is 1. The number of carbonyl (C=O) groups excluding carboxylic acids is 1. The van der Waals surface area contributed by atoms with Crippen molar-refractivity contribution in [1.82, 2.24) is 20.3 Å². The van der Waals surface area contributed by atoms with Gasteiger partial charge in [-0.3, -0.25) is 14.3 Å². The van der Waals surface area contributed by atoms with Crippen LogP contribution in [0.1, 0.15) is 28.5 Å². The minimum atomic E-state index is -1.42. The molecule has 3 aromatic rings. The van der Waals surface area contributed by atoms with E-state index in [1.807, 2.05) is 0 Å². The molecule has 140 valence electrons. The monoisotopic (exact) mass is 376 g/mol. The van der Waals surface area contributed by atoms with Crippen molar-refractivity contribution < 1.29 is 28.0 Å². The number of hydrogen-bond donors (Lipinski definition) is 2. The first-order chi connectivity index (χ1) is 12.8. The summed E-state index contributed by atoms with van der Waals surface area (Å²) in [7, 11) is 1.70. The normalized spacial score (nSPS) is 12.0. The Hall–Kier alpha value is -3.56. The number of hydrogen-bond acceptors (Lipinski definition) is 5. The number of rotatable bonds is 6. The van der Waals surface area contributed by atoms with Gasteiger partial charge in [-0.2, -0.15) is 5.10 Å². The quantitative estimate of drug-likeness (QED) is 0.683. The van der Waals surface area contributed by atoms with E-state index in [-0.39, 0.29) is 11.5 Å². The van der Waals surface area contributed by atoms with E-state index in [4.69, 9.17) is 9.63 Å². The summed E-state index contributed by atoms with van der Waals surface area (Å²) in [5.41, 5.74) is -0.128. The summed E-state index contributed by atoms with van der Waals surface area (Å²) >= 11 is 0. The van der Waals surface area contributed by atoms with Gasteiger partial charge in [0.15, 0.2) is 11.5 Å². The number of carboxylic acids is 1. The Morgan fingerprint density at radius 3 is 2.63 bits per heavy atom. The topological polar surface area (TPSA) is 110 Å². The van der Waals surface area contributed by atoms with E-state index < -0.39 is 41.5 Å². The van der Waals surface area contributed by atoms with Crippen molar-refractivity contribution in [2.75, 3.05) is 0 Å². The van der Waals surface area contributed by atoms with Gasteiger partial charge in [-0.25, -0.2) is 8.78 Å². The fraction of sp³-hybridized carbons (Fsp3) is 0.176. The van der Waals surface area contributed by atoms with E-state index in [1.54, 1.807) is 13.2 Å². The number of aliphatic carboxylic acids is 1. The first kappa shape index (κ1) is 18.2. The largest absolute Gasteiger partial charge is 0.481 e. The smallest absolute Gasteiger partial charge is 0.305 e. The van der Waals surface area contributed by atoms with Crippen LogP contribution in [0, 0.1) is 11.6 Å². The number of aromatic nitrogens is 3. The van der Waals surface area contributed by atoms with Gasteiger partial charge in [0, 0.05) is 24.9 Å². The third-order valence-electron chi connectivity index (χ3n) is 3.76. The fourth-order valence-corrected chi connectivity index (χ4v) is 2.54. The maximum Gasteiger partial charge on any atom is 0.305 e. The van der Waals surface area contributed by atoms with Gasteiger partial charge in [-0.1, -0.05) is 11.2 Å². The zero-order valence-corrected chi connectivity index (χ0v) is 14.0. The van der Waals surface area contributed by atoms with Crippen molar-refractivity contribution >= 4 is 11.9 Å². The molecule has 1 amide bonds. The molecule has 2 heterocycles. The highest BCUT2D eigenvalue weighted by Crippen LogP contribution is 2.25. The number of nitrogens with one attached hydrogen (secondary N) is 1. The van der Waals surface area contributed by atoms with Gasteiger partial charge in [0.1, 0.15) is 11.6 Å². The van der Waals surface area contributed by atoms with Crippen molar-refractivity contribution in [3.8, 4) is 11.3 Å². The van der Waals surface area contributed by atoms with Gasteiger partial charge < -0.3 is 14.9 Å². The van der Waals surface area contributed by atoms with Gasteiger partial charge in [-0.15, -0.1) is 0 Å². The molecule has 0 aliphatic heterocycles. The molecular weight excluding hydrogens is 362 g/mol. The molecule has 2 aromatic heterocycles. The second-order valence-electron chi connectivity index (χ2n) is 5.74. The molecule has 0 bridgehead atoms. The van der Waals surface area contributed by atoms with Crippen LogP contribution >= 0.6 is 0 Å². The van der Waals surface area contributed by atoms with E-state index in [0.29, 0.717) is 5.56 Å². The van der Waals surface area contributed by atoms with Crippen LogP contribution in [-0.2, 0) is 11.8 Å². The van der Waals surface area contributed by atoms with Crippen LogP contribution in [0.2, 0.25) is 0 Å². The number of aryl methyl sites for hydroxylation is 1. The molecule has 0 unspecified atom stereocenters. The molecule has 1 atom stereocenters. The second kappa shape index (κ2) is 7.36. The molecule has 3 rings (SSSR count). The van der Waals surface area contributed by atoms with Crippen molar-refractivity contribution in [3.05, 3.63) is 59.6 Å². The van der Waals surface area contributed by atoms with Crippen LogP contribution in [0.25, 0.3) is 11.3 Å². The zero-order chi connectivity index (χ0) is 19.6. The molecule has 0 radical (unpaired) electrons. The number of amides is 1. The maximum absolute atomic E-state index is 14.0. The highest BCUT2D eigenvalue weighted by Gasteiger charge is 2.26. The van der Waals surface area contributed by atoms with E-state index >= 15 is 0 Å². The van der Waals surface area contributed by atoms with Crippen molar-refractivity contribution in [2.24, 2.45) is 7.05 Å². The number of benzene rings is 1. The van der Waals surface area contributed by atoms with E-state index in [2.05, 4.69) is 15.6 Å². The minimum absolute atomic E-state index is 0.166. The third kappa shape index (κ3) is 4.00. The SMILES string of the molecule is Cn1cc(-c2cc(C(=O)N[C@@H](CC(=O)O)c3c(F)cccc3F)no2)cn1. The third-order valence-corrected chi connectivity index (χ3v) is 3.76. The molecule has 0 aliphatic carbocycles. The Morgan fingerprint density at radius 2 is 2.04 bits per heavy atom. The summed E-state index contributed by atoms with van der Waals surface area (Å²) in [6, 6.07) is 3.01. The Kier molecular flexibility index (Phi) is 4.97. The lowest BCUT2D eigenvalue weighted by Gasteiger charge is -2.18. The van der Waals surface area contributed by atoms with Crippen LogP contribution in [0.4, 0.5) is 8.78 Å². The molecule has 1 aromatic carbocycles. The lowest BCUT2D eigenvalue weighted by molar-refractivity contribution is -0.137. The summed E-state index contributed by atoms with van der Waals surface area (Å²) in [6.07, 6.45) is 2.44. The van der Waals surface area contributed by atoms with E-state index in [1.165, 1.54) is 16.9 Å². The van der Waals surface area contributed by atoms with Crippen molar-refractivity contribution in [3.63, 3.8) is 0 Å². The highest BCUT2D eigenvalue weighted by molar-refractivity contribution is 5.93. The minimum Gasteiger partial charge on any atom is -0.481 e. The van der Waals surface area contributed by atoms with Gasteiger partial charge in [0.05, 0.1) is 24.2 Å². The Balaban J connectivity index is 1.85. The van der Waals surface area contributed by atoms with Gasteiger partial charge in [0.2, 0.25) is 0 Å². The van der Waals surface area contributed by atoms with Crippen molar-refractivity contribution in [2.45, 2.75) is 12.5 Å². The molecular formula is C17H14F2N4O4. The number of nitrogens with zero attached hydrogens (tertiary/aromatic N) is 3. The lowest BCUT2D eigenvalue weighted by Crippen LogP contribution is -2.31. The second-order valence-corrected chi connectivity index (χ2v) is 5.74. The number of carbonyl (C=O) groups is 2. The molecule has 0 spiro atoms. The fourth-order valence-electron chi connectivity index (χ4n) is 2.54. The predicted molar refractivity (Wildman–Crippen MR) is 87.5 cm³/mol. The van der Waals surface area contributed by atoms with Crippen LogP contribution in [0.5, 0.6) is 0 Å². The summed E-state index contributed by atoms with van der Waals surface area (Å²) in [5, 5.41) is 18.9. The highest BCUT2D eigenvalue weighted by atomic mass is 19.1. The average molecular weight is 376 g/mol. The van der Waals surface area contributed by atoms with Crippen LogP contribution in [0.3, 0.4) is 0 Å². The molecule has 2 N–H and O–H groups in total. The Morgan fingerprint density at radius 1 is 1.33 bits per heavy atom. The summed E-state index contributed by atoms with van der Waals surface area (Å²) in [5.74, 6) is -3.82. The maximum atomic E-state index is 14.0. The van der Waals surface area contributed by atoms with E-state index in [9.17, 15) is 18.4 Å². The van der Waals surface area contributed by atoms with Crippen LogP contribution in [-0.4, -0.2) is 31.9 Å². The number of halogens is 2. The Bertz CT molecular complexity index is 978. The van der Waals surface area contributed by atoms with Crippen molar-refractivity contribution in [1.29, 1.82) is 0 Å². The molecule has 0 saturated heterocycles. The standard InChI is InChI=1S/C17H14F2N4O4/c1-23-8-9(7-20-23)14-5-13(22-27-14)17(26)21-12(6-15(24)25)16-10(18)3-2-4-11(16)19/h2-5,7-8,12H,6H2,1H3,(H,21,26)(H,24,25)/t12-/m0/s1. The molecule has 27 heavy (non-hydrogen) atoms. The Labute approximate surface area is 151 Å². The molecule has 0 aliphatic rings. The summed E-state index contributed by atoms with van der Waals surface area (Å²) in [6.45, 7) is 0. The van der Waals surface area contributed by atoms with E-state index in [0.717, 1.165) is 18.2 Å². The van der Waals surface area contributed by atoms with Gasteiger partial charge in [-0.05, 0) is 12.1 Å².